The van der Waals surface area contributed by atoms with E-state index in [-0.39, 0.29) is 0 Å². The predicted octanol–water partition coefficient (Wildman–Crippen LogP) is 0.369. The maximum atomic E-state index is 11.1. The van der Waals surface area contributed by atoms with Crippen molar-refractivity contribution in [1.82, 2.24) is 10.3 Å². The third-order valence-electron chi connectivity index (χ3n) is 3.26. The van der Waals surface area contributed by atoms with Crippen LogP contribution in [0, 0.1) is 0 Å². The zero-order valence-electron chi connectivity index (χ0n) is 10.0. The Hall–Kier alpha value is -1.62. The summed E-state index contributed by atoms with van der Waals surface area (Å²) in [7, 11) is 2.00. The van der Waals surface area contributed by atoms with E-state index in [0.29, 0.717) is 11.7 Å². The van der Waals surface area contributed by atoms with E-state index in [1.165, 1.54) is 0 Å². The number of primary amides is 1. The minimum Gasteiger partial charge on any atom is -0.371 e. The molecule has 3 N–H and O–H groups in total. The molecule has 0 aromatic carbocycles. The Morgan fingerprint density at radius 3 is 2.82 bits per heavy atom. The van der Waals surface area contributed by atoms with Gasteiger partial charge in [0, 0.05) is 31.0 Å². The van der Waals surface area contributed by atoms with E-state index >= 15 is 0 Å². The van der Waals surface area contributed by atoms with Crippen LogP contribution >= 0.6 is 0 Å². The first-order chi connectivity index (χ1) is 8.20. The van der Waals surface area contributed by atoms with Gasteiger partial charge < -0.3 is 16.0 Å². The summed E-state index contributed by atoms with van der Waals surface area (Å²) in [6, 6.07) is 4.29. The van der Waals surface area contributed by atoms with Crippen LogP contribution in [0.5, 0.6) is 0 Å². The molecule has 1 aliphatic rings. The van der Waals surface area contributed by atoms with Crippen molar-refractivity contribution >= 4 is 11.6 Å². The van der Waals surface area contributed by atoms with Crippen LogP contribution in [0.15, 0.2) is 18.3 Å². The highest BCUT2D eigenvalue weighted by Gasteiger charge is 2.18. The number of carbonyl (C=O) groups excluding carboxylic acids is 1. The van der Waals surface area contributed by atoms with Crippen molar-refractivity contribution < 1.29 is 4.79 Å². The van der Waals surface area contributed by atoms with Crippen LogP contribution in [0.4, 0.5) is 5.69 Å². The fraction of sp³-hybridized carbons (Fsp3) is 0.500. The van der Waals surface area contributed by atoms with Gasteiger partial charge in [0.25, 0.3) is 5.91 Å². The maximum Gasteiger partial charge on any atom is 0.267 e. The Kier molecular flexibility index (Phi) is 3.58. The zero-order valence-corrected chi connectivity index (χ0v) is 10.0. The van der Waals surface area contributed by atoms with E-state index < -0.39 is 5.91 Å². The number of pyridine rings is 1. The highest BCUT2D eigenvalue weighted by atomic mass is 16.1. The summed E-state index contributed by atoms with van der Waals surface area (Å²) >= 11 is 0. The van der Waals surface area contributed by atoms with Gasteiger partial charge in [-0.05, 0) is 32.0 Å². The number of rotatable bonds is 3. The van der Waals surface area contributed by atoms with Gasteiger partial charge in [-0.25, -0.2) is 0 Å². The number of anilines is 1. The highest BCUT2D eigenvalue weighted by molar-refractivity contribution is 5.91. The molecule has 1 fully saturated rings. The number of piperidine rings is 1. The Morgan fingerprint density at radius 1 is 1.53 bits per heavy atom. The van der Waals surface area contributed by atoms with Gasteiger partial charge in [0.2, 0.25) is 0 Å². The first kappa shape index (κ1) is 11.9. The molecule has 0 atom stereocenters. The second-order valence-corrected chi connectivity index (χ2v) is 4.31. The standard InChI is InChI=1S/C12H18N4O/c1-14-9-3-6-16(7-4-9)10-2-5-15-11(8-10)12(13)17/h2,5,8-9,14H,3-4,6-7H2,1H3,(H2,13,17). The Bertz CT molecular complexity index is 399. The fourth-order valence-electron chi connectivity index (χ4n) is 2.18. The molecule has 0 spiro atoms. The summed E-state index contributed by atoms with van der Waals surface area (Å²) in [5.74, 6) is -0.475. The Morgan fingerprint density at radius 2 is 2.24 bits per heavy atom. The van der Waals surface area contributed by atoms with Crippen molar-refractivity contribution in [2.75, 3.05) is 25.0 Å². The summed E-state index contributed by atoms with van der Waals surface area (Å²) in [6.45, 7) is 1.99. The molecule has 2 heterocycles. The van der Waals surface area contributed by atoms with Gasteiger partial charge in [-0.15, -0.1) is 0 Å². The minimum absolute atomic E-state index is 0.332. The molecule has 0 bridgehead atoms. The molecule has 92 valence electrons. The van der Waals surface area contributed by atoms with E-state index in [2.05, 4.69) is 15.2 Å². The van der Waals surface area contributed by atoms with Gasteiger partial charge in [-0.1, -0.05) is 0 Å². The number of nitrogens with one attached hydrogen (secondary N) is 1. The fourth-order valence-corrected chi connectivity index (χ4v) is 2.18. The summed E-state index contributed by atoms with van der Waals surface area (Å²) in [5, 5.41) is 3.29. The summed E-state index contributed by atoms with van der Waals surface area (Å²) in [5.41, 5.74) is 6.59. The van der Waals surface area contributed by atoms with Crippen molar-refractivity contribution in [3.05, 3.63) is 24.0 Å². The summed E-state index contributed by atoms with van der Waals surface area (Å²) < 4.78 is 0. The first-order valence-electron chi connectivity index (χ1n) is 5.89. The summed E-state index contributed by atoms with van der Waals surface area (Å²) in [4.78, 5) is 17.3. The lowest BCUT2D eigenvalue weighted by molar-refractivity contribution is 0.0995. The lowest BCUT2D eigenvalue weighted by Crippen LogP contribution is -2.41. The number of aromatic nitrogens is 1. The van der Waals surface area contributed by atoms with Gasteiger partial charge in [0.15, 0.2) is 0 Å². The van der Waals surface area contributed by atoms with Crippen molar-refractivity contribution in [2.24, 2.45) is 5.73 Å². The van der Waals surface area contributed by atoms with E-state index in [9.17, 15) is 4.79 Å². The number of nitrogens with zero attached hydrogens (tertiary/aromatic N) is 2. The number of carbonyl (C=O) groups is 1. The Labute approximate surface area is 101 Å². The third-order valence-corrected chi connectivity index (χ3v) is 3.26. The maximum absolute atomic E-state index is 11.1. The van der Waals surface area contributed by atoms with E-state index in [1.807, 2.05) is 13.1 Å². The molecule has 1 aromatic heterocycles. The number of amides is 1. The molecule has 5 nitrogen and oxygen atoms in total. The molecule has 1 aliphatic heterocycles. The average Bonchev–Trinajstić information content (AvgIpc) is 2.39. The molecule has 2 rings (SSSR count). The number of hydrogen-bond donors (Lipinski definition) is 2. The van der Waals surface area contributed by atoms with Gasteiger partial charge in [-0.2, -0.15) is 0 Å². The SMILES string of the molecule is CNC1CCN(c2ccnc(C(N)=O)c2)CC1. The predicted molar refractivity (Wildman–Crippen MR) is 67.0 cm³/mol. The van der Waals surface area contributed by atoms with Crippen molar-refractivity contribution in [3.8, 4) is 0 Å². The molecular weight excluding hydrogens is 216 g/mol. The van der Waals surface area contributed by atoms with Crippen LogP contribution < -0.4 is 16.0 Å². The topological polar surface area (TPSA) is 71.2 Å². The molecule has 0 unspecified atom stereocenters. The van der Waals surface area contributed by atoms with E-state index in [1.54, 1.807) is 12.3 Å². The lowest BCUT2D eigenvalue weighted by atomic mass is 10.0. The molecule has 1 aromatic rings. The zero-order chi connectivity index (χ0) is 12.3. The van der Waals surface area contributed by atoms with Gasteiger partial charge in [0.1, 0.15) is 5.69 Å². The largest absolute Gasteiger partial charge is 0.371 e. The Balaban J connectivity index is 2.08. The monoisotopic (exact) mass is 234 g/mol. The van der Waals surface area contributed by atoms with Gasteiger partial charge >= 0.3 is 0 Å². The van der Waals surface area contributed by atoms with Crippen LogP contribution in [-0.2, 0) is 0 Å². The van der Waals surface area contributed by atoms with Crippen LogP contribution in [-0.4, -0.2) is 37.1 Å². The molecule has 0 radical (unpaired) electrons. The third kappa shape index (κ3) is 2.74. The van der Waals surface area contributed by atoms with Crippen molar-refractivity contribution in [2.45, 2.75) is 18.9 Å². The molecule has 5 heteroatoms. The normalized spacial score (nSPS) is 17.1. The molecule has 17 heavy (non-hydrogen) atoms. The first-order valence-corrected chi connectivity index (χ1v) is 5.89. The van der Waals surface area contributed by atoms with Crippen LogP contribution in [0.2, 0.25) is 0 Å². The van der Waals surface area contributed by atoms with E-state index in [4.69, 9.17) is 5.73 Å². The van der Waals surface area contributed by atoms with Crippen LogP contribution in [0.3, 0.4) is 0 Å². The average molecular weight is 234 g/mol. The smallest absolute Gasteiger partial charge is 0.267 e. The van der Waals surface area contributed by atoms with Gasteiger partial charge in [-0.3, -0.25) is 9.78 Å². The lowest BCUT2D eigenvalue weighted by Gasteiger charge is -2.33. The van der Waals surface area contributed by atoms with Crippen molar-refractivity contribution in [1.29, 1.82) is 0 Å². The minimum atomic E-state index is -0.475. The van der Waals surface area contributed by atoms with Crippen LogP contribution in [0.25, 0.3) is 0 Å². The number of nitrogens with two attached hydrogens (primary N) is 1. The van der Waals surface area contributed by atoms with Gasteiger partial charge in [0.05, 0.1) is 0 Å². The molecule has 1 amide bonds. The van der Waals surface area contributed by atoms with Crippen LogP contribution in [0.1, 0.15) is 23.3 Å². The molecule has 1 saturated heterocycles. The second-order valence-electron chi connectivity index (χ2n) is 4.31. The molecule has 0 aliphatic carbocycles. The van der Waals surface area contributed by atoms with E-state index in [0.717, 1.165) is 31.6 Å². The molecule has 0 saturated carbocycles. The number of hydrogen-bond acceptors (Lipinski definition) is 4. The quantitative estimate of drug-likeness (QED) is 0.792. The second kappa shape index (κ2) is 5.14. The summed E-state index contributed by atoms with van der Waals surface area (Å²) in [6.07, 6.45) is 3.87. The molecular formula is C12H18N4O. The highest BCUT2D eigenvalue weighted by Crippen LogP contribution is 2.19. The van der Waals surface area contributed by atoms with Crippen molar-refractivity contribution in [3.63, 3.8) is 0 Å².